The highest BCUT2D eigenvalue weighted by molar-refractivity contribution is 5.79. The average Bonchev–Trinajstić information content (AvgIpc) is 2.62. The first kappa shape index (κ1) is 20.6. The van der Waals surface area contributed by atoms with Crippen LogP contribution in [-0.2, 0) is 6.54 Å². The smallest absolute Gasteiger partial charge is 0.191 e. The monoisotopic (exact) mass is 363 g/mol. The van der Waals surface area contributed by atoms with Crippen molar-refractivity contribution in [3.8, 4) is 0 Å². The normalized spacial score (nSPS) is 18.2. The van der Waals surface area contributed by atoms with Crippen LogP contribution in [0.2, 0.25) is 0 Å². The third-order valence-corrected chi connectivity index (χ3v) is 5.17. The molecule has 0 radical (unpaired) electrons. The fourth-order valence-corrected chi connectivity index (χ4v) is 3.29. The molecule has 1 aromatic rings. The molecule has 0 bridgehead atoms. The lowest BCUT2D eigenvalue weighted by atomic mass is 10.0. The van der Waals surface area contributed by atoms with Gasteiger partial charge in [-0.3, -0.25) is 9.89 Å². The van der Waals surface area contributed by atoms with E-state index in [0.717, 1.165) is 44.2 Å². The summed E-state index contributed by atoms with van der Waals surface area (Å²) in [6.07, 6.45) is 0. The van der Waals surface area contributed by atoms with Gasteiger partial charge in [0.05, 0.1) is 0 Å². The topological polar surface area (TPSA) is 42.9 Å². The van der Waals surface area contributed by atoms with Gasteiger partial charge >= 0.3 is 0 Å². The number of guanidine groups is 1. The number of rotatable bonds is 6. The van der Waals surface area contributed by atoms with Gasteiger partial charge in [0.15, 0.2) is 5.96 Å². The fraction of sp³-hybridized carbons (Fsp3) is 0.650. The van der Waals surface area contributed by atoms with Crippen LogP contribution in [0.4, 0.5) is 4.39 Å². The number of benzene rings is 1. The highest BCUT2D eigenvalue weighted by atomic mass is 19.1. The number of likely N-dealkylation sites (N-methyl/N-ethyl adjacent to an activating group) is 1. The lowest BCUT2D eigenvalue weighted by Crippen LogP contribution is -2.55. The fourth-order valence-electron chi connectivity index (χ4n) is 3.29. The molecule has 0 spiro atoms. The number of piperazine rings is 1. The van der Waals surface area contributed by atoms with Crippen molar-refractivity contribution in [3.05, 3.63) is 35.1 Å². The van der Waals surface area contributed by atoms with E-state index in [2.05, 4.69) is 46.3 Å². The van der Waals surface area contributed by atoms with Crippen molar-refractivity contribution in [3.63, 3.8) is 0 Å². The molecule has 26 heavy (non-hydrogen) atoms. The molecule has 1 fully saturated rings. The van der Waals surface area contributed by atoms with Crippen molar-refractivity contribution in [1.82, 2.24) is 20.4 Å². The summed E-state index contributed by atoms with van der Waals surface area (Å²) in [4.78, 5) is 9.25. The molecule has 2 rings (SSSR count). The van der Waals surface area contributed by atoms with Crippen LogP contribution >= 0.6 is 0 Å². The number of aliphatic imine (C=N–C) groups is 1. The maximum absolute atomic E-state index is 13.7. The van der Waals surface area contributed by atoms with E-state index in [9.17, 15) is 4.39 Å². The molecule has 0 saturated carbocycles. The van der Waals surface area contributed by atoms with Crippen LogP contribution in [0.1, 0.15) is 25.0 Å². The van der Waals surface area contributed by atoms with E-state index >= 15 is 0 Å². The van der Waals surface area contributed by atoms with E-state index in [1.807, 2.05) is 12.1 Å². The Morgan fingerprint density at radius 3 is 2.46 bits per heavy atom. The number of nitrogens with one attached hydrogen (secondary N) is 2. The molecule has 1 saturated heterocycles. The van der Waals surface area contributed by atoms with Crippen molar-refractivity contribution in [2.24, 2.45) is 10.9 Å². The van der Waals surface area contributed by atoms with E-state index in [-0.39, 0.29) is 5.82 Å². The number of hydrogen-bond donors (Lipinski definition) is 2. The molecule has 146 valence electrons. The Morgan fingerprint density at radius 2 is 1.88 bits per heavy atom. The maximum atomic E-state index is 13.7. The predicted molar refractivity (Wildman–Crippen MR) is 107 cm³/mol. The van der Waals surface area contributed by atoms with Crippen LogP contribution in [0.15, 0.2) is 23.2 Å². The molecule has 1 atom stereocenters. The molecule has 2 N–H and O–H groups in total. The third-order valence-electron chi connectivity index (χ3n) is 5.17. The Balaban J connectivity index is 1.86. The molecule has 1 aliphatic heterocycles. The standard InChI is InChI=1S/C20H34FN5/c1-15(2)19(26-10-8-25(5)9-11-26)14-24-20(22-4)23-13-17-7-6-16(3)18(21)12-17/h6-7,12,15,19H,8-11,13-14H2,1-5H3,(H2,22,23,24). The van der Waals surface area contributed by atoms with Crippen LogP contribution in [-0.4, -0.2) is 68.6 Å². The Hall–Kier alpha value is -1.66. The molecular formula is C20H34FN5. The van der Waals surface area contributed by atoms with Gasteiger partial charge in [-0.1, -0.05) is 26.0 Å². The SMILES string of the molecule is CN=C(NCc1ccc(C)c(F)c1)NCC(C(C)C)N1CCN(C)CC1. The summed E-state index contributed by atoms with van der Waals surface area (Å²) in [6.45, 7) is 12.2. The summed E-state index contributed by atoms with van der Waals surface area (Å²) in [6, 6.07) is 5.81. The van der Waals surface area contributed by atoms with Gasteiger partial charge in [0.25, 0.3) is 0 Å². The first-order valence-electron chi connectivity index (χ1n) is 9.53. The second-order valence-electron chi connectivity index (χ2n) is 7.54. The van der Waals surface area contributed by atoms with Crippen LogP contribution in [0.3, 0.4) is 0 Å². The number of nitrogens with zero attached hydrogens (tertiary/aromatic N) is 3. The highest BCUT2D eigenvalue weighted by Gasteiger charge is 2.25. The van der Waals surface area contributed by atoms with Gasteiger partial charge in [0.2, 0.25) is 0 Å². The number of aryl methyl sites for hydroxylation is 1. The average molecular weight is 364 g/mol. The summed E-state index contributed by atoms with van der Waals surface area (Å²) >= 11 is 0. The molecule has 1 heterocycles. The Morgan fingerprint density at radius 1 is 1.19 bits per heavy atom. The van der Waals surface area contributed by atoms with Gasteiger partial charge in [0, 0.05) is 52.4 Å². The van der Waals surface area contributed by atoms with Crippen molar-refractivity contribution in [2.45, 2.75) is 33.4 Å². The highest BCUT2D eigenvalue weighted by Crippen LogP contribution is 2.13. The molecule has 1 aliphatic rings. The first-order chi connectivity index (χ1) is 12.4. The van der Waals surface area contributed by atoms with Gasteiger partial charge < -0.3 is 15.5 Å². The summed E-state index contributed by atoms with van der Waals surface area (Å²) in [5, 5.41) is 6.73. The minimum atomic E-state index is -0.165. The van der Waals surface area contributed by atoms with Crippen LogP contribution in [0.25, 0.3) is 0 Å². The van der Waals surface area contributed by atoms with Crippen LogP contribution in [0.5, 0.6) is 0 Å². The van der Waals surface area contributed by atoms with Crippen molar-refractivity contribution in [1.29, 1.82) is 0 Å². The zero-order valence-electron chi connectivity index (χ0n) is 16.8. The number of halogens is 1. The zero-order chi connectivity index (χ0) is 19.1. The van der Waals surface area contributed by atoms with E-state index < -0.39 is 0 Å². The quantitative estimate of drug-likeness (QED) is 0.600. The van der Waals surface area contributed by atoms with E-state index in [1.165, 1.54) is 0 Å². The molecular weight excluding hydrogens is 329 g/mol. The van der Waals surface area contributed by atoms with Gasteiger partial charge in [0.1, 0.15) is 5.82 Å². The Bertz CT molecular complexity index is 594. The molecule has 1 aromatic carbocycles. The Kier molecular flexibility index (Phi) is 7.85. The molecule has 1 unspecified atom stereocenters. The van der Waals surface area contributed by atoms with Crippen molar-refractivity contribution in [2.75, 3.05) is 46.8 Å². The molecule has 0 amide bonds. The van der Waals surface area contributed by atoms with Crippen molar-refractivity contribution < 1.29 is 4.39 Å². The van der Waals surface area contributed by atoms with E-state index in [0.29, 0.717) is 24.1 Å². The van der Waals surface area contributed by atoms with E-state index in [4.69, 9.17) is 0 Å². The Labute approximate surface area is 157 Å². The first-order valence-corrected chi connectivity index (χ1v) is 9.53. The third kappa shape index (κ3) is 5.95. The molecule has 0 aromatic heterocycles. The van der Waals surface area contributed by atoms with Gasteiger partial charge in [-0.05, 0) is 37.1 Å². The second-order valence-corrected chi connectivity index (χ2v) is 7.54. The minimum Gasteiger partial charge on any atom is -0.355 e. The molecule has 5 nitrogen and oxygen atoms in total. The lowest BCUT2D eigenvalue weighted by molar-refractivity contribution is 0.0900. The van der Waals surface area contributed by atoms with Gasteiger partial charge in [-0.2, -0.15) is 0 Å². The second kappa shape index (κ2) is 9.88. The van der Waals surface area contributed by atoms with Gasteiger partial charge in [-0.25, -0.2) is 4.39 Å². The molecule has 6 heteroatoms. The largest absolute Gasteiger partial charge is 0.355 e. The predicted octanol–water partition coefficient (Wildman–Crippen LogP) is 2.07. The lowest BCUT2D eigenvalue weighted by Gasteiger charge is -2.40. The summed E-state index contributed by atoms with van der Waals surface area (Å²) in [5.41, 5.74) is 1.58. The minimum absolute atomic E-state index is 0.165. The summed E-state index contributed by atoms with van der Waals surface area (Å²) in [5.74, 6) is 1.16. The van der Waals surface area contributed by atoms with Crippen LogP contribution in [0, 0.1) is 18.7 Å². The summed E-state index contributed by atoms with van der Waals surface area (Å²) in [7, 11) is 3.95. The number of hydrogen-bond acceptors (Lipinski definition) is 3. The maximum Gasteiger partial charge on any atom is 0.191 e. The molecule has 0 aliphatic carbocycles. The van der Waals surface area contributed by atoms with Crippen molar-refractivity contribution >= 4 is 5.96 Å². The van der Waals surface area contributed by atoms with E-state index in [1.54, 1.807) is 20.0 Å². The van der Waals surface area contributed by atoms with Gasteiger partial charge in [-0.15, -0.1) is 0 Å². The zero-order valence-corrected chi connectivity index (χ0v) is 16.8. The summed E-state index contributed by atoms with van der Waals surface area (Å²) < 4.78 is 13.7. The van der Waals surface area contributed by atoms with Crippen LogP contribution < -0.4 is 10.6 Å².